The third-order valence-corrected chi connectivity index (χ3v) is 5.07. The molecule has 7 heteroatoms. The monoisotopic (exact) mass is 375 g/mol. The summed E-state index contributed by atoms with van der Waals surface area (Å²) in [5, 5.41) is 3.28. The molecule has 0 saturated carbocycles. The Morgan fingerprint density at radius 1 is 1.42 bits per heavy atom. The smallest absolute Gasteiger partial charge is 0.341 e. The maximum atomic E-state index is 12.5. The van der Waals surface area contributed by atoms with Gasteiger partial charge in [-0.25, -0.2) is 4.79 Å². The van der Waals surface area contributed by atoms with Crippen molar-refractivity contribution in [2.24, 2.45) is 0 Å². The minimum atomic E-state index is -0.423. The Morgan fingerprint density at radius 2 is 2.23 bits per heavy atom. The van der Waals surface area contributed by atoms with Gasteiger partial charge in [0.25, 0.3) is 0 Å². The summed E-state index contributed by atoms with van der Waals surface area (Å²) in [5.41, 5.74) is 0.966. The summed E-state index contributed by atoms with van der Waals surface area (Å²) in [7, 11) is 0. The molecule has 0 bridgehead atoms. The predicted octanol–water partition coefficient (Wildman–Crippen LogP) is 4.02. The zero-order valence-corrected chi connectivity index (χ0v) is 15.8. The fraction of sp³-hybridized carbons (Fsp3) is 0.368. The molecule has 0 saturated heterocycles. The van der Waals surface area contributed by atoms with Crippen LogP contribution < -0.4 is 5.32 Å². The summed E-state index contributed by atoms with van der Waals surface area (Å²) >= 11 is 1.35. The number of hydrogen-bond donors (Lipinski definition) is 1. The number of furan rings is 1. The summed E-state index contributed by atoms with van der Waals surface area (Å²) in [6.07, 6.45) is 5.06. The van der Waals surface area contributed by atoms with Crippen LogP contribution in [0.2, 0.25) is 0 Å². The lowest BCUT2D eigenvalue weighted by molar-refractivity contribution is -0.111. The number of carbonyl (C=O) groups excluding carboxylic acids is 2. The van der Waals surface area contributed by atoms with E-state index in [4.69, 9.17) is 13.9 Å². The van der Waals surface area contributed by atoms with E-state index in [1.54, 1.807) is 25.1 Å². The van der Waals surface area contributed by atoms with E-state index < -0.39 is 5.97 Å². The Morgan fingerprint density at radius 3 is 2.92 bits per heavy atom. The van der Waals surface area contributed by atoms with Crippen molar-refractivity contribution in [1.29, 1.82) is 0 Å². The molecule has 0 atom stereocenters. The molecule has 1 aliphatic heterocycles. The molecule has 1 N–H and O–H groups in total. The van der Waals surface area contributed by atoms with Crippen LogP contribution in [-0.4, -0.2) is 24.1 Å². The van der Waals surface area contributed by atoms with Crippen LogP contribution in [0.25, 0.3) is 6.08 Å². The van der Waals surface area contributed by atoms with Gasteiger partial charge in [0.05, 0.1) is 30.6 Å². The van der Waals surface area contributed by atoms with Gasteiger partial charge in [-0.15, -0.1) is 11.3 Å². The van der Waals surface area contributed by atoms with E-state index in [1.165, 1.54) is 23.7 Å². The van der Waals surface area contributed by atoms with Gasteiger partial charge in [-0.2, -0.15) is 0 Å². The van der Waals surface area contributed by atoms with Crippen LogP contribution in [0, 0.1) is 0 Å². The number of thiophene rings is 1. The molecular formula is C19H21NO5S. The number of carbonyl (C=O) groups is 2. The van der Waals surface area contributed by atoms with Crippen molar-refractivity contribution < 1.29 is 23.5 Å². The summed E-state index contributed by atoms with van der Waals surface area (Å²) < 4.78 is 16.2. The quantitative estimate of drug-likeness (QED) is 0.631. The van der Waals surface area contributed by atoms with Crippen molar-refractivity contribution >= 4 is 34.3 Å². The molecule has 1 amide bonds. The Labute approximate surface area is 155 Å². The lowest BCUT2D eigenvalue weighted by atomic mass is 9.93. The number of fused-ring (bicyclic) bond motifs is 1. The second kappa shape index (κ2) is 7.47. The molecule has 2 aromatic rings. The van der Waals surface area contributed by atoms with Crippen LogP contribution >= 0.6 is 11.3 Å². The molecule has 3 heterocycles. The first-order chi connectivity index (χ1) is 12.4. The van der Waals surface area contributed by atoms with Crippen molar-refractivity contribution in [2.45, 2.75) is 39.4 Å². The van der Waals surface area contributed by atoms with Crippen LogP contribution in [0.5, 0.6) is 0 Å². The molecular weight excluding hydrogens is 354 g/mol. The fourth-order valence-corrected chi connectivity index (χ4v) is 3.88. The number of nitrogens with one attached hydrogen (secondary N) is 1. The average Bonchev–Trinajstić information content (AvgIpc) is 3.19. The third kappa shape index (κ3) is 4.05. The zero-order chi connectivity index (χ0) is 18.7. The molecule has 0 radical (unpaired) electrons. The number of esters is 1. The summed E-state index contributed by atoms with van der Waals surface area (Å²) in [6.45, 7) is 6.40. The van der Waals surface area contributed by atoms with Crippen molar-refractivity contribution in [1.82, 2.24) is 0 Å². The first-order valence-electron chi connectivity index (χ1n) is 8.38. The Balaban J connectivity index is 1.87. The minimum Gasteiger partial charge on any atom is -0.465 e. The van der Waals surface area contributed by atoms with E-state index in [9.17, 15) is 9.59 Å². The summed E-state index contributed by atoms with van der Waals surface area (Å²) in [4.78, 5) is 25.7. The number of amides is 1. The molecule has 0 fully saturated rings. The normalized spacial score (nSPS) is 15.7. The summed E-state index contributed by atoms with van der Waals surface area (Å²) in [6, 6.07) is 3.49. The molecule has 26 heavy (non-hydrogen) atoms. The van der Waals surface area contributed by atoms with Crippen molar-refractivity contribution in [3.63, 3.8) is 0 Å². The first kappa shape index (κ1) is 18.4. The highest BCUT2D eigenvalue weighted by Gasteiger charge is 2.34. The number of hydrogen-bond acceptors (Lipinski definition) is 6. The molecule has 0 aromatic carbocycles. The van der Waals surface area contributed by atoms with Crippen molar-refractivity contribution in [3.8, 4) is 0 Å². The predicted molar refractivity (Wildman–Crippen MR) is 99.2 cm³/mol. The van der Waals surface area contributed by atoms with Gasteiger partial charge >= 0.3 is 5.97 Å². The van der Waals surface area contributed by atoms with E-state index in [-0.39, 0.29) is 18.1 Å². The van der Waals surface area contributed by atoms with Gasteiger partial charge in [0.15, 0.2) is 0 Å². The second-order valence-electron chi connectivity index (χ2n) is 6.49. The molecule has 1 aliphatic rings. The SMILES string of the molecule is CCOC(=O)c1c(NC(=O)C=Cc2ccco2)sc2c1CC(C)(C)OC2. The Hall–Kier alpha value is -2.38. The Kier molecular flexibility index (Phi) is 5.29. The first-order valence-corrected chi connectivity index (χ1v) is 9.19. The number of rotatable bonds is 5. The van der Waals surface area contributed by atoms with E-state index >= 15 is 0 Å². The van der Waals surface area contributed by atoms with Crippen molar-refractivity contribution in [2.75, 3.05) is 11.9 Å². The molecule has 138 valence electrons. The van der Waals surface area contributed by atoms with E-state index in [1.807, 2.05) is 13.8 Å². The van der Waals surface area contributed by atoms with Crippen LogP contribution in [0.3, 0.4) is 0 Å². The molecule has 0 unspecified atom stereocenters. The van der Waals surface area contributed by atoms with Crippen molar-refractivity contribution in [3.05, 3.63) is 46.2 Å². The van der Waals surface area contributed by atoms with Gasteiger partial charge in [-0.05, 0) is 44.5 Å². The average molecular weight is 375 g/mol. The highest BCUT2D eigenvalue weighted by atomic mass is 32.1. The van der Waals surface area contributed by atoms with Crippen LogP contribution in [-0.2, 0) is 27.3 Å². The van der Waals surface area contributed by atoms with Gasteiger partial charge in [0.1, 0.15) is 10.8 Å². The standard InChI is InChI=1S/C19H21NO5S/c1-4-23-18(22)16-13-10-19(2,3)25-11-14(13)26-17(16)20-15(21)8-7-12-6-5-9-24-12/h5-9H,4,10-11H2,1-3H3,(H,20,21). The van der Waals surface area contributed by atoms with Gasteiger partial charge < -0.3 is 19.2 Å². The molecule has 6 nitrogen and oxygen atoms in total. The lowest BCUT2D eigenvalue weighted by Gasteiger charge is -2.30. The van der Waals surface area contributed by atoms with E-state index in [2.05, 4.69) is 5.32 Å². The minimum absolute atomic E-state index is 0.273. The largest absolute Gasteiger partial charge is 0.465 e. The van der Waals surface area contributed by atoms with Crippen LogP contribution in [0.1, 0.15) is 47.3 Å². The highest BCUT2D eigenvalue weighted by Crippen LogP contribution is 2.40. The van der Waals surface area contributed by atoms with Gasteiger partial charge in [-0.1, -0.05) is 0 Å². The number of ether oxygens (including phenoxy) is 2. The number of anilines is 1. The molecule has 0 spiro atoms. The third-order valence-electron chi connectivity index (χ3n) is 3.95. The summed E-state index contributed by atoms with van der Waals surface area (Å²) in [5.74, 6) is -0.190. The van der Waals surface area contributed by atoms with E-state index in [0.29, 0.717) is 29.4 Å². The van der Waals surface area contributed by atoms with E-state index in [0.717, 1.165) is 10.4 Å². The zero-order valence-electron chi connectivity index (χ0n) is 15.0. The van der Waals surface area contributed by atoms with Gasteiger partial charge in [0, 0.05) is 17.4 Å². The maximum Gasteiger partial charge on any atom is 0.341 e. The van der Waals surface area contributed by atoms with Crippen LogP contribution in [0.4, 0.5) is 5.00 Å². The van der Waals surface area contributed by atoms with Gasteiger partial charge in [0.2, 0.25) is 5.91 Å². The van der Waals surface area contributed by atoms with Gasteiger partial charge in [-0.3, -0.25) is 4.79 Å². The molecule has 2 aromatic heterocycles. The lowest BCUT2D eigenvalue weighted by Crippen LogP contribution is -2.32. The maximum absolute atomic E-state index is 12.5. The fourth-order valence-electron chi connectivity index (χ4n) is 2.76. The second-order valence-corrected chi connectivity index (χ2v) is 7.60. The topological polar surface area (TPSA) is 77.8 Å². The Bertz CT molecular complexity index is 832. The highest BCUT2D eigenvalue weighted by molar-refractivity contribution is 7.17. The molecule has 0 aliphatic carbocycles. The van der Waals surface area contributed by atoms with Crippen LogP contribution in [0.15, 0.2) is 28.9 Å². The molecule has 3 rings (SSSR count).